The molecule has 0 fully saturated rings. The standard InChI is InChI=1S/C11H10N6O2/c1-5-13-7-3-2-6(4-8(7)14-5)15-11(18)9-10(12)17-19-16-9/h2-4H,1H3,(H2,12,17)(H,13,14)(H,15,18). The Morgan fingerprint density at radius 1 is 1.42 bits per heavy atom. The van der Waals surface area contributed by atoms with Gasteiger partial charge in [0.15, 0.2) is 0 Å². The molecule has 1 amide bonds. The zero-order chi connectivity index (χ0) is 13.4. The van der Waals surface area contributed by atoms with Crippen LogP contribution in [0, 0.1) is 6.92 Å². The predicted molar refractivity (Wildman–Crippen MR) is 67.5 cm³/mol. The number of nitrogens with zero attached hydrogens (tertiary/aromatic N) is 3. The van der Waals surface area contributed by atoms with E-state index in [0.717, 1.165) is 16.9 Å². The Hall–Kier alpha value is -2.90. The summed E-state index contributed by atoms with van der Waals surface area (Å²) in [5.41, 5.74) is 7.67. The van der Waals surface area contributed by atoms with Crippen molar-refractivity contribution in [3.63, 3.8) is 0 Å². The number of carbonyl (C=O) groups excluding carboxylic acids is 1. The molecule has 0 saturated carbocycles. The largest absolute Gasteiger partial charge is 0.379 e. The highest BCUT2D eigenvalue weighted by molar-refractivity contribution is 6.06. The SMILES string of the molecule is Cc1nc2ccc(NC(=O)c3nonc3N)cc2[nH]1. The van der Waals surface area contributed by atoms with Gasteiger partial charge in [-0.25, -0.2) is 9.61 Å². The number of aromatic nitrogens is 4. The van der Waals surface area contributed by atoms with E-state index in [2.05, 4.69) is 30.2 Å². The first kappa shape index (κ1) is 11.2. The monoisotopic (exact) mass is 258 g/mol. The molecular weight excluding hydrogens is 248 g/mol. The Morgan fingerprint density at radius 2 is 2.26 bits per heavy atom. The molecule has 0 bridgehead atoms. The quantitative estimate of drug-likeness (QED) is 0.632. The Bertz CT molecular complexity index is 759. The van der Waals surface area contributed by atoms with Crippen LogP contribution in [0.5, 0.6) is 0 Å². The van der Waals surface area contributed by atoms with Crippen LogP contribution in [0.15, 0.2) is 22.8 Å². The lowest BCUT2D eigenvalue weighted by molar-refractivity contribution is 0.101. The molecule has 2 heterocycles. The molecule has 0 atom stereocenters. The molecule has 96 valence electrons. The number of H-pyrrole nitrogens is 1. The number of fused-ring (bicyclic) bond motifs is 1. The maximum atomic E-state index is 11.9. The Balaban J connectivity index is 1.89. The number of aromatic amines is 1. The highest BCUT2D eigenvalue weighted by Gasteiger charge is 2.16. The molecule has 0 spiro atoms. The van der Waals surface area contributed by atoms with Crippen LogP contribution in [0.4, 0.5) is 11.5 Å². The fourth-order valence-corrected chi connectivity index (χ4v) is 1.76. The molecule has 4 N–H and O–H groups in total. The molecular formula is C11H10N6O2. The normalized spacial score (nSPS) is 10.8. The minimum Gasteiger partial charge on any atom is -0.379 e. The summed E-state index contributed by atoms with van der Waals surface area (Å²) in [5, 5.41) is 9.44. The molecule has 3 aromatic rings. The van der Waals surface area contributed by atoms with Crippen molar-refractivity contribution in [2.24, 2.45) is 0 Å². The number of anilines is 2. The van der Waals surface area contributed by atoms with Gasteiger partial charge in [-0.3, -0.25) is 4.79 Å². The zero-order valence-electron chi connectivity index (χ0n) is 9.97. The van der Waals surface area contributed by atoms with Gasteiger partial charge in [-0.1, -0.05) is 0 Å². The van der Waals surface area contributed by atoms with E-state index in [1.807, 2.05) is 6.92 Å². The number of aryl methyl sites for hydroxylation is 1. The van der Waals surface area contributed by atoms with Gasteiger partial charge in [0.1, 0.15) is 5.82 Å². The van der Waals surface area contributed by atoms with Crippen molar-refractivity contribution in [1.82, 2.24) is 20.3 Å². The maximum Gasteiger partial charge on any atom is 0.281 e. The van der Waals surface area contributed by atoms with E-state index >= 15 is 0 Å². The molecule has 8 nitrogen and oxygen atoms in total. The minimum atomic E-state index is -0.477. The van der Waals surface area contributed by atoms with Gasteiger partial charge in [-0.05, 0) is 35.4 Å². The lowest BCUT2D eigenvalue weighted by atomic mass is 10.2. The van der Waals surface area contributed by atoms with E-state index in [1.54, 1.807) is 18.2 Å². The fourth-order valence-electron chi connectivity index (χ4n) is 1.76. The summed E-state index contributed by atoms with van der Waals surface area (Å²) in [7, 11) is 0. The van der Waals surface area contributed by atoms with E-state index < -0.39 is 5.91 Å². The maximum absolute atomic E-state index is 11.9. The van der Waals surface area contributed by atoms with Gasteiger partial charge in [0, 0.05) is 5.69 Å². The van der Waals surface area contributed by atoms with Crippen LogP contribution < -0.4 is 11.1 Å². The fraction of sp³-hybridized carbons (Fsp3) is 0.0909. The molecule has 1 aromatic carbocycles. The van der Waals surface area contributed by atoms with E-state index in [9.17, 15) is 4.79 Å². The van der Waals surface area contributed by atoms with Crippen molar-refractivity contribution in [3.8, 4) is 0 Å². The lowest BCUT2D eigenvalue weighted by Crippen LogP contribution is -2.14. The second kappa shape index (κ2) is 4.09. The first-order chi connectivity index (χ1) is 9.13. The number of nitrogen functional groups attached to an aromatic ring is 1. The second-order valence-electron chi connectivity index (χ2n) is 4.01. The van der Waals surface area contributed by atoms with Crippen molar-refractivity contribution < 1.29 is 9.42 Å². The number of imidazole rings is 1. The smallest absolute Gasteiger partial charge is 0.281 e. The summed E-state index contributed by atoms with van der Waals surface area (Å²) in [5.74, 6) is 0.286. The third kappa shape index (κ3) is 1.99. The van der Waals surface area contributed by atoms with Crippen LogP contribution in [0.2, 0.25) is 0 Å². The number of hydrogen-bond acceptors (Lipinski definition) is 6. The summed E-state index contributed by atoms with van der Waals surface area (Å²) in [6.07, 6.45) is 0. The summed E-state index contributed by atoms with van der Waals surface area (Å²) in [4.78, 5) is 19.2. The van der Waals surface area contributed by atoms with Crippen LogP contribution in [-0.4, -0.2) is 26.2 Å². The molecule has 0 radical (unpaired) electrons. The van der Waals surface area contributed by atoms with Crippen molar-refractivity contribution in [1.29, 1.82) is 0 Å². The topological polar surface area (TPSA) is 123 Å². The molecule has 0 aliphatic heterocycles. The minimum absolute atomic E-state index is 0.0408. The van der Waals surface area contributed by atoms with Gasteiger partial charge >= 0.3 is 0 Å². The molecule has 2 aromatic heterocycles. The van der Waals surface area contributed by atoms with Crippen molar-refractivity contribution in [2.75, 3.05) is 11.1 Å². The number of benzene rings is 1. The van der Waals surface area contributed by atoms with Crippen LogP contribution in [0.1, 0.15) is 16.3 Å². The van der Waals surface area contributed by atoms with Gasteiger partial charge < -0.3 is 16.0 Å². The van der Waals surface area contributed by atoms with Crippen LogP contribution in [-0.2, 0) is 0 Å². The molecule has 3 rings (SSSR count). The number of hydrogen-bond donors (Lipinski definition) is 3. The zero-order valence-corrected chi connectivity index (χ0v) is 9.97. The van der Waals surface area contributed by atoms with E-state index in [1.165, 1.54) is 0 Å². The number of rotatable bonds is 2. The Kier molecular flexibility index (Phi) is 2.41. The molecule has 8 heteroatoms. The average molecular weight is 258 g/mol. The van der Waals surface area contributed by atoms with Crippen molar-refractivity contribution >= 4 is 28.4 Å². The van der Waals surface area contributed by atoms with Crippen LogP contribution in [0.25, 0.3) is 11.0 Å². The third-order valence-electron chi connectivity index (χ3n) is 2.59. The van der Waals surface area contributed by atoms with E-state index in [0.29, 0.717) is 5.69 Å². The van der Waals surface area contributed by atoms with Gasteiger partial charge in [0.05, 0.1) is 11.0 Å². The summed E-state index contributed by atoms with van der Waals surface area (Å²) >= 11 is 0. The highest BCUT2D eigenvalue weighted by atomic mass is 16.6. The predicted octanol–water partition coefficient (Wildman–Crippen LogP) is 1.09. The Morgan fingerprint density at radius 3 is 3.00 bits per heavy atom. The number of nitrogens with two attached hydrogens (primary N) is 1. The molecule has 19 heavy (non-hydrogen) atoms. The van der Waals surface area contributed by atoms with Gasteiger partial charge in [-0.2, -0.15) is 0 Å². The lowest BCUT2D eigenvalue weighted by Gasteiger charge is -2.02. The third-order valence-corrected chi connectivity index (χ3v) is 2.59. The second-order valence-corrected chi connectivity index (χ2v) is 4.01. The number of carbonyl (C=O) groups is 1. The molecule has 0 unspecified atom stereocenters. The molecule has 0 saturated heterocycles. The molecule has 0 aliphatic carbocycles. The first-order valence-electron chi connectivity index (χ1n) is 5.49. The van der Waals surface area contributed by atoms with E-state index in [-0.39, 0.29) is 11.5 Å². The first-order valence-corrected chi connectivity index (χ1v) is 5.49. The average Bonchev–Trinajstić information content (AvgIpc) is 2.93. The van der Waals surface area contributed by atoms with Crippen LogP contribution >= 0.6 is 0 Å². The Labute approximate surface area is 107 Å². The van der Waals surface area contributed by atoms with Gasteiger partial charge in [-0.15, -0.1) is 0 Å². The van der Waals surface area contributed by atoms with Gasteiger partial charge in [0.25, 0.3) is 5.91 Å². The van der Waals surface area contributed by atoms with Crippen molar-refractivity contribution in [3.05, 3.63) is 29.7 Å². The van der Waals surface area contributed by atoms with Crippen LogP contribution in [0.3, 0.4) is 0 Å². The summed E-state index contributed by atoms with van der Waals surface area (Å²) in [6.45, 7) is 1.86. The highest BCUT2D eigenvalue weighted by Crippen LogP contribution is 2.18. The number of amides is 1. The van der Waals surface area contributed by atoms with Crippen molar-refractivity contribution in [2.45, 2.75) is 6.92 Å². The molecule has 0 aliphatic rings. The summed E-state index contributed by atoms with van der Waals surface area (Å²) in [6, 6.07) is 5.32. The number of nitrogens with one attached hydrogen (secondary N) is 2. The summed E-state index contributed by atoms with van der Waals surface area (Å²) < 4.78 is 4.38. The van der Waals surface area contributed by atoms with E-state index in [4.69, 9.17) is 5.73 Å². The van der Waals surface area contributed by atoms with Gasteiger partial charge in [0.2, 0.25) is 11.5 Å².